The normalized spacial score (nSPS) is 12.4. The highest BCUT2D eigenvalue weighted by molar-refractivity contribution is 7.98. The van der Waals surface area contributed by atoms with E-state index in [1.165, 1.54) is 0 Å². The number of aryl methyl sites for hydroxylation is 1. The molecular weight excluding hydrogens is 326 g/mol. The average Bonchev–Trinajstić information content (AvgIpc) is 2.48. The first-order valence-electron chi connectivity index (χ1n) is 7.92. The van der Waals surface area contributed by atoms with Crippen LogP contribution in [-0.2, 0) is 20.9 Å². The molecule has 1 N–H and O–H groups in total. The van der Waals surface area contributed by atoms with Crippen LogP contribution in [0.2, 0.25) is 0 Å². The second-order valence-corrected chi connectivity index (χ2v) is 7.56. The number of carbonyl (C=O) groups excluding carboxylic acids is 2. The van der Waals surface area contributed by atoms with Crippen LogP contribution >= 0.6 is 11.8 Å². The van der Waals surface area contributed by atoms with Gasteiger partial charge in [0.2, 0.25) is 0 Å². The van der Waals surface area contributed by atoms with Crippen molar-refractivity contribution in [3.05, 3.63) is 35.4 Å². The number of hydrogen-bond donors (Lipinski definition) is 1. The molecule has 0 heterocycles. The van der Waals surface area contributed by atoms with Crippen LogP contribution < -0.4 is 5.32 Å². The number of rotatable bonds is 7. The van der Waals surface area contributed by atoms with E-state index in [-0.39, 0.29) is 6.61 Å². The zero-order valence-electron chi connectivity index (χ0n) is 15.0. The number of nitrogens with one attached hydrogen (secondary N) is 1. The van der Waals surface area contributed by atoms with Gasteiger partial charge in [-0.2, -0.15) is 11.8 Å². The summed E-state index contributed by atoms with van der Waals surface area (Å²) >= 11 is 1.60. The molecule has 1 rings (SSSR count). The summed E-state index contributed by atoms with van der Waals surface area (Å²) in [4.78, 5) is 24.2. The number of thioether (sulfide) groups is 1. The van der Waals surface area contributed by atoms with Gasteiger partial charge in [-0.1, -0.05) is 29.8 Å². The van der Waals surface area contributed by atoms with E-state index in [0.29, 0.717) is 6.42 Å². The quantitative estimate of drug-likeness (QED) is 0.758. The molecule has 1 atom stereocenters. The molecule has 0 saturated carbocycles. The molecule has 134 valence electrons. The number of alkyl carbamates (subject to hydrolysis) is 1. The van der Waals surface area contributed by atoms with E-state index < -0.39 is 23.7 Å². The second kappa shape index (κ2) is 9.57. The van der Waals surface area contributed by atoms with Crippen LogP contribution in [0.3, 0.4) is 0 Å². The lowest BCUT2D eigenvalue weighted by atomic mass is 10.2. The van der Waals surface area contributed by atoms with Crippen LogP contribution in [0.1, 0.15) is 38.3 Å². The fourth-order valence-corrected chi connectivity index (χ4v) is 2.35. The first-order chi connectivity index (χ1) is 11.2. The van der Waals surface area contributed by atoms with Gasteiger partial charge in [0.05, 0.1) is 0 Å². The minimum Gasteiger partial charge on any atom is -0.459 e. The lowest BCUT2D eigenvalue weighted by Gasteiger charge is -2.22. The van der Waals surface area contributed by atoms with Crippen LogP contribution in [-0.4, -0.2) is 35.7 Å². The van der Waals surface area contributed by atoms with Crippen LogP contribution in [0.4, 0.5) is 4.79 Å². The van der Waals surface area contributed by atoms with Gasteiger partial charge in [0, 0.05) is 0 Å². The summed E-state index contributed by atoms with van der Waals surface area (Å²) in [6.45, 7) is 7.52. The van der Waals surface area contributed by atoms with Gasteiger partial charge in [-0.05, 0) is 51.7 Å². The maximum atomic E-state index is 12.3. The molecule has 1 aromatic carbocycles. The molecular formula is C18H27NO4S. The minimum atomic E-state index is -0.710. The number of carbonyl (C=O) groups is 2. The fourth-order valence-electron chi connectivity index (χ4n) is 1.87. The molecule has 0 bridgehead atoms. The molecule has 5 nitrogen and oxygen atoms in total. The topological polar surface area (TPSA) is 64.6 Å². The summed E-state index contributed by atoms with van der Waals surface area (Å²) in [5.41, 5.74) is 1.45. The molecule has 0 spiro atoms. The summed E-state index contributed by atoms with van der Waals surface area (Å²) in [6.07, 6.45) is 1.83. The lowest BCUT2D eigenvalue weighted by molar-refractivity contribution is -0.147. The Morgan fingerprint density at radius 1 is 1.21 bits per heavy atom. The van der Waals surface area contributed by atoms with E-state index in [9.17, 15) is 9.59 Å². The zero-order valence-corrected chi connectivity index (χ0v) is 15.9. The number of hydrogen-bond acceptors (Lipinski definition) is 5. The molecule has 0 aliphatic heterocycles. The Morgan fingerprint density at radius 3 is 2.38 bits per heavy atom. The number of esters is 1. The number of ether oxygens (including phenoxy) is 2. The summed E-state index contributed by atoms with van der Waals surface area (Å²) in [6, 6.07) is 7.06. The molecule has 24 heavy (non-hydrogen) atoms. The third-order valence-electron chi connectivity index (χ3n) is 3.09. The molecule has 0 unspecified atom stereocenters. The molecule has 1 amide bonds. The predicted molar refractivity (Wildman–Crippen MR) is 97.1 cm³/mol. The third kappa shape index (κ3) is 8.24. The smallest absolute Gasteiger partial charge is 0.408 e. The lowest BCUT2D eigenvalue weighted by Crippen LogP contribution is -2.44. The summed E-state index contributed by atoms with van der Waals surface area (Å²) < 4.78 is 10.5. The highest BCUT2D eigenvalue weighted by Crippen LogP contribution is 2.10. The average molecular weight is 353 g/mol. The highest BCUT2D eigenvalue weighted by Gasteiger charge is 2.25. The Kier molecular flexibility index (Phi) is 8.11. The monoisotopic (exact) mass is 353 g/mol. The Balaban J connectivity index is 2.60. The van der Waals surface area contributed by atoms with Crippen molar-refractivity contribution in [2.45, 2.75) is 52.4 Å². The number of amides is 1. The van der Waals surface area contributed by atoms with Crippen LogP contribution in [0.5, 0.6) is 0 Å². The molecule has 0 aromatic heterocycles. The van der Waals surface area contributed by atoms with Gasteiger partial charge in [0.15, 0.2) is 0 Å². The van der Waals surface area contributed by atoms with E-state index in [0.717, 1.165) is 16.9 Å². The van der Waals surface area contributed by atoms with Crippen molar-refractivity contribution in [3.8, 4) is 0 Å². The largest absolute Gasteiger partial charge is 0.459 e. The molecule has 6 heteroatoms. The van der Waals surface area contributed by atoms with Crippen LogP contribution in [0.25, 0.3) is 0 Å². The van der Waals surface area contributed by atoms with E-state index in [4.69, 9.17) is 9.47 Å². The predicted octanol–water partition coefficient (Wildman–Crippen LogP) is 3.68. The fraction of sp³-hybridized carbons (Fsp3) is 0.556. The molecule has 0 saturated heterocycles. The van der Waals surface area contributed by atoms with Crippen molar-refractivity contribution >= 4 is 23.8 Å². The Hall–Kier alpha value is -1.69. The third-order valence-corrected chi connectivity index (χ3v) is 3.73. The zero-order chi connectivity index (χ0) is 18.2. The maximum Gasteiger partial charge on any atom is 0.408 e. The molecule has 0 radical (unpaired) electrons. The summed E-state index contributed by atoms with van der Waals surface area (Å²) in [5, 5.41) is 2.60. The van der Waals surface area contributed by atoms with Gasteiger partial charge < -0.3 is 14.8 Å². The standard InChI is InChI=1S/C18H27NO4S/c1-13-6-8-14(9-7-13)12-22-16(20)15(10-11-24-5)19-17(21)23-18(2,3)4/h6-9,15H,10-12H2,1-5H3,(H,19,21)/t15-/m0/s1. The van der Waals surface area contributed by atoms with E-state index >= 15 is 0 Å². The molecule has 0 fully saturated rings. The Morgan fingerprint density at radius 2 is 1.83 bits per heavy atom. The van der Waals surface area contributed by atoms with E-state index in [2.05, 4.69) is 5.32 Å². The van der Waals surface area contributed by atoms with Crippen molar-refractivity contribution in [1.82, 2.24) is 5.32 Å². The number of benzene rings is 1. The first-order valence-corrected chi connectivity index (χ1v) is 9.31. The molecule has 0 aliphatic carbocycles. The van der Waals surface area contributed by atoms with Gasteiger partial charge in [0.1, 0.15) is 18.2 Å². The maximum absolute atomic E-state index is 12.3. The molecule has 1 aromatic rings. The summed E-state index contributed by atoms with van der Waals surface area (Å²) in [5.74, 6) is 0.288. The van der Waals surface area contributed by atoms with E-state index in [1.807, 2.05) is 37.4 Å². The van der Waals surface area contributed by atoms with Crippen molar-refractivity contribution in [3.63, 3.8) is 0 Å². The SMILES string of the molecule is CSCC[C@H](NC(=O)OC(C)(C)C)C(=O)OCc1ccc(C)cc1. The van der Waals surface area contributed by atoms with Gasteiger partial charge in [0.25, 0.3) is 0 Å². The second-order valence-electron chi connectivity index (χ2n) is 6.57. The van der Waals surface area contributed by atoms with Crippen molar-refractivity contribution < 1.29 is 19.1 Å². The van der Waals surface area contributed by atoms with Crippen LogP contribution in [0.15, 0.2) is 24.3 Å². The van der Waals surface area contributed by atoms with Gasteiger partial charge >= 0.3 is 12.1 Å². The minimum absolute atomic E-state index is 0.185. The Labute approximate surface area is 148 Å². The van der Waals surface area contributed by atoms with Crippen LogP contribution in [0, 0.1) is 6.92 Å². The highest BCUT2D eigenvalue weighted by atomic mass is 32.2. The first kappa shape index (κ1) is 20.4. The Bertz CT molecular complexity index is 537. The van der Waals surface area contributed by atoms with Gasteiger partial charge in [-0.15, -0.1) is 0 Å². The molecule has 0 aliphatic rings. The van der Waals surface area contributed by atoms with Crippen molar-refractivity contribution in [1.29, 1.82) is 0 Å². The van der Waals surface area contributed by atoms with Crippen molar-refractivity contribution in [2.75, 3.05) is 12.0 Å². The summed E-state index contributed by atoms with van der Waals surface area (Å²) in [7, 11) is 0. The van der Waals surface area contributed by atoms with E-state index in [1.54, 1.807) is 32.5 Å². The van der Waals surface area contributed by atoms with Gasteiger partial charge in [-0.3, -0.25) is 0 Å². The van der Waals surface area contributed by atoms with Gasteiger partial charge in [-0.25, -0.2) is 9.59 Å². The van der Waals surface area contributed by atoms with Crippen molar-refractivity contribution in [2.24, 2.45) is 0 Å².